The molecule has 1 aromatic rings. The van der Waals surface area contributed by atoms with E-state index in [1.807, 2.05) is 6.92 Å². The number of fused-ring (bicyclic) bond motifs is 1. The van der Waals surface area contributed by atoms with E-state index in [0.717, 1.165) is 69.7 Å². The number of rotatable bonds is 6. The number of aromatic nitrogens is 1. The molecule has 1 saturated carbocycles. The summed E-state index contributed by atoms with van der Waals surface area (Å²) in [5.41, 5.74) is 1.44. The highest BCUT2D eigenvalue weighted by atomic mass is 16.5. The van der Waals surface area contributed by atoms with Crippen LogP contribution in [0, 0.1) is 24.2 Å². The molecular formula is C19H30N2O3. The van der Waals surface area contributed by atoms with Gasteiger partial charge in [-0.1, -0.05) is 11.6 Å². The summed E-state index contributed by atoms with van der Waals surface area (Å²) < 4.78 is 16.9. The Kier molecular flexibility index (Phi) is 4.93. The van der Waals surface area contributed by atoms with Crippen LogP contribution in [0.3, 0.4) is 0 Å². The number of aryl methyl sites for hydroxylation is 1. The van der Waals surface area contributed by atoms with Gasteiger partial charge in [0.2, 0.25) is 0 Å². The highest BCUT2D eigenvalue weighted by Gasteiger charge is 2.49. The zero-order chi connectivity index (χ0) is 16.4. The molecule has 3 heterocycles. The Morgan fingerprint density at radius 1 is 1.33 bits per heavy atom. The molecular weight excluding hydrogens is 304 g/mol. The van der Waals surface area contributed by atoms with E-state index in [9.17, 15) is 0 Å². The SMILES string of the molecule is Cc1cc(CN2C[C@@H]3CCC[C@]3(COCC3CCOCC3)C2)no1. The van der Waals surface area contributed by atoms with Crippen molar-refractivity contribution in [1.29, 1.82) is 0 Å². The van der Waals surface area contributed by atoms with Crippen molar-refractivity contribution >= 4 is 0 Å². The van der Waals surface area contributed by atoms with Gasteiger partial charge in [0.15, 0.2) is 0 Å². The molecule has 0 amide bonds. The second-order valence-corrected chi connectivity index (χ2v) is 8.12. The van der Waals surface area contributed by atoms with Crippen LogP contribution in [0.25, 0.3) is 0 Å². The van der Waals surface area contributed by atoms with E-state index in [4.69, 9.17) is 14.0 Å². The second-order valence-electron chi connectivity index (χ2n) is 8.12. The van der Waals surface area contributed by atoms with Crippen molar-refractivity contribution in [2.45, 2.75) is 45.6 Å². The monoisotopic (exact) mass is 334 g/mol. The average molecular weight is 334 g/mol. The smallest absolute Gasteiger partial charge is 0.133 e. The van der Waals surface area contributed by atoms with E-state index in [0.29, 0.717) is 11.3 Å². The first-order chi connectivity index (χ1) is 11.7. The number of hydrogen-bond donors (Lipinski definition) is 0. The van der Waals surface area contributed by atoms with Gasteiger partial charge in [-0.3, -0.25) is 4.90 Å². The number of hydrogen-bond acceptors (Lipinski definition) is 5. The fourth-order valence-electron chi connectivity index (χ4n) is 4.95. The molecule has 2 aliphatic heterocycles. The standard InChI is InChI=1S/C19H30N2O3/c1-15-9-18(20-24-15)11-21-10-17-3-2-6-19(17,13-21)14-23-12-16-4-7-22-8-5-16/h9,16-17H,2-8,10-14H2,1H3/t17-,19+/m0/s1. The van der Waals surface area contributed by atoms with Crippen molar-refractivity contribution in [3.63, 3.8) is 0 Å². The summed E-state index contributed by atoms with van der Waals surface area (Å²) in [6, 6.07) is 2.06. The Labute approximate surface area is 144 Å². The molecule has 3 aliphatic rings. The molecule has 2 saturated heterocycles. The number of likely N-dealkylation sites (tertiary alicyclic amines) is 1. The number of ether oxygens (including phenoxy) is 2. The highest BCUT2D eigenvalue weighted by Crippen LogP contribution is 2.49. The third kappa shape index (κ3) is 3.53. The predicted molar refractivity (Wildman–Crippen MR) is 90.7 cm³/mol. The Bertz CT molecular complexity index is 540. The van der Waals surface area contributed by atoms with Gasteiger partial charge >= 0.3 is 0 Å². The van der Waals surface area contributed by atoms with Crippen molar-refractivity contribution in [3.05, 3.63) is 17.5 Å². The fraction of sp³-hybridized carbons (Fsp3) is 0.842. The molecule has 0 spiro atoms. The van der Waals surface area contributed by atoms with Crippen LogP contribution < -0.4 is 0 Å². The minimum Gasteiger partial charge on any atom is -0.381 e. The first-order valence-corrected chi connectivity index (χ1v) is 9.54. The third-order valence-corrected chi connectivity index (χ3v) is 6.26. The molecule has 24 heavy (non-hydrogen) atoms. The Morgan fingerprint density at radius 3 is 3.00 bits per heavy atom. The van der Waals surface area contributed by atoms with Crippen LogP contribution in [0.2, 0.25) is 0 Å². The molecule has 1 aliphatic carbocycles. The molecule has 0 N–H and O–H groups in total. The lowest BCUT2D eigenvalue weighted by Crippen LogP contribution is -2.33. The summed E-state index contributed by atoms with van der Waals surface area (Å²) in [5.74, 6) is 2.39. The van der Waals surface area contributed by atoms with Crippen LogP contribution in [0.5, 0.6) is 0 Å². The van der Waals surface area contributed by atoms with Gasteiger partial charge in [-0.15, -0.1) is 0 Å². The van der Waals surface area contributed by atoms with Crippen molar-refractivity contribution in [2.75, 3.05) is 39.5 Å². The summed E-state index contributed by atoms with van der Waals surface area (Å²) in [7, 11) is 0. The van der Waals surface area contributed by atoms with Crippen LogP contribution in [-0.2, 0) is 16.0 Å². The van der Waals surface area contributed by atoms with E-state index < -0.39 is 0 Å². The van der Waals surface area contributed by atoms with E-state index in [1.165, 1.54) is 25.8 Å². The lowest BCUT2D eigenvalue weighted by molar-refractivity contribution is -0.0127. The van der Waals surface area contributed by atoms with Gasteiger partial charge in [0.1, 0.15) is 5.76 Å². The molecule has 5 nitrogen and oxygen atoms in total. The van der Waals surface area contributed by atoms with Gasteiger partial charge in [0.05, 0.1) is 12.3 Å². The summed E-state index contributed by atoms with van der Waals surface area (Å²) in [4.78, 5) is 2.55. The summed E-state index contributed by atoms with van der Waals surface area (Å²) in [6.07, 6.45) is 6.36. The van der Waals surface area contributed by atoms with E-state index >= 15 is 0 Å². The fourth-order valence-corrected chi connectivity index (χ4v) is 4.95. The molecule has 5 heteroatoms. The predicted octanol–water partition coefficient (Wildman–Crippen LogP) is 3.03. The maximum absolute atomic E-state index is 6.25. The number of nitrogens with zero attached hydrogens (tertiary/aromatic N) is 2. The maximum Gasteiger partial charge on any atom is 0.133 e. The highest BCUT2D eigenvalue weighted by molar-refractivity contribution is 5.06. The molecule has 0 bridgehead atoms. The van der Waals surface area contributed by atoms with Gasteiger partial charge in [-0.25, -0.2) is 0 Å². The van der Waals surface area contributed by atoms with Gasteiger partial charge in [0, 0.05) is 50.9 Å². The van der Waals surface area contributed by atoms with Crippen LogP contribution in [0.15, 0.2) is 10.6 Å². The van der Waals surface area contributed by atoms with E-state index in [-0.39, 0.29) is 0 Å². The Morgan fingerprint density at radius 2 is 2.21 bits per heavy atom. The lowest BCUT2D eigenvalue weighted by atomic mass is 9.81. The molecule has 0 unspecified atom stereocenters. The topological polar surface area (TPSA) is 47.7 Å². The first kappa shape index (κ1) is 16.6. The van der Waals surface area contributed by atoms with Crippen LogP contribution in [0.1, 0.15) is 43.6 Å². The van der Waals surface area contributed by atoms with Gasteiger partial charge in [-0.05, 0) is 44.4 Å². The summed E-state index contributed by atoms with van der Waals surface area (Å²) >= 11 is 0. The minimum absolute atomic E-state index is 0.379. The van der Waals surface area contributed by atoms with Gasteiger partial charge in [0.25, 0.3) is 0 Å². The van der Waals surface area contributed by atoms with Crippen molar-refractivity contribution in [1.82, 2.24) is 10.1 Å². The molecule has 3 fully saturated rings. The quantitative estimate of drug-likeness (QED) is 0.800. The van der Waals surface area contributed by atoms with Crippen LogP contribution in [-0.4, -0.2) is 49.6 Å². The normalized spacial score (nSPS) is 31.6. The van der Waals surface area contributed by atoms with Crippen molar-refractivity contribution in [2.24, 2.45) is 17.3 Å². The summed E-state index contributed by atoms with van der Waals surface area (Å²) in [6.45, 7) is 8.88. The zero-order valence-electron chi connectivity index (χ0n) is 14.8. The van der Waals surface area contributed by atoms with E-state index in [2.05, 4.69) is 16.1 Å². The van der Waals surface area contributed by atoms with E-state index in [1.54, 1.807) is 0 Å². The first-order valence-electron chi connectivity index (χ1n) is 9.54. The van der Waals surface area contributed by atoms with Gasteiger partial charge < -0.3 is 14.0 Å². The lowest BCUT2D eigenvalue weighted by Gasteiger charge is -2.30. The van der Waals surface area contributed by atoms with Crippen LogP contribution in [0.4, 0.5) is 0 Å². The molecule has 1 aromatic heterocycles. The minimum atomic E-state index is 0.379. The maximum atomic E-state index is 6.25. The van der Waals surface area contributed by atoms with Crippen molar-refractivity contribution in [3.8, 4) is 0 Å². The second kappa shape index (κ2) is 7.14. The van der Waals surface area contributed by atoms with Crippen LogP contribution >= 0.6 is 0 Å². The molecule has 2 atom stereocenters. The zero-order valence-corrected chi connectivity index (χ0v) is 14.8. The van der Waals surface area contributed by atoms with Crippen molar-refractivity contribution < 1.29 is 14.0 Å². The molecule has 4 rings (SSSR count). The molecule has 0 radical (unpaired) electrons. The third-order valence-electron chi connectivity index (χ3n) is 6.26. The largest absolute Gasteiger partial charge is 0.381 e. The molecule has 134 valence electrons. The Hall–Kier alpha value is -0.910. The summed E-state index contributed by atoms with van der Waals surface area (Å²) in [5, 5.41) is 4.16. The molecule has 0 aromatic carbocycles. The Balaban J connectivity index is 1.30. The average Bonchev–Trinajstić information content (AvgIpc) is 3.23. The van der Waals surface area contributed by atoms with Gasteiger partial charge in [-0.2, -0.15) is 0 Å².